The van der Waals surface area contributed by atoms with Crippen LogP contribution in [0.4, 0.5) is 23.2 Å². The fraction of sp³-hybridized carbons (Fsp3) is 0.200. The number of aromatic nitrogens is 2. The molecule has 9 nitrogen and oxygen atoms in total. The minimum atomic E-state index is -5.15. The topological polar surface area (TPSA) is 125 Å². The molecular formula is C20H16ClF4N5O4. The van der Waals surface area contributed by atoms with Crippen molar-refractivity contribution in [2.45, 2.75) is 18.8 Å². The van der Waals surface area contributed by atoms with Crippen molar-refractivity contribution in [3.63, 3.8) is 0 Å². The second-order valence-corrected chi connectivity index (χ2v) is 7.17. The third-order valence-electron chi connectivity index (χ3n) is 4.47. The molecule has 1 atom stereocenters. The maximum atomic E-state index is 13.4. The van der Waals surface area contributed by atoms with Crippen molar-refractivity contribution in [3.05, 3.63) is 76.3 Å². The molecular weight excluding hydrogens is 486 g/mol. The molecule has 0 unspecified atom stereocenters. The summed E-state index contributed by atoms with van der Waals surface area (Å²) in [5.74, 6) is -3.66. The lowest BCUT2D eigenvalue weighted by Gasteiger charge is -2.20. The summed E-state index contributed by atoms with van der Waals surface area (Å²) in [4.78, 5) is 11.1. The molecule has 3 N–H and O–H groups in total. The first kappa shape index (κ1) is 25.1. The first-order valence-corrected chi connectivity index (χ1v) is 9.82. The van der Waals surface area contributed by atoms with Crippen LogP contribution in [0.2, 0.25) is 5.02 Å². The zero-order chi connectivity index (χ0) is 24.9. The lowest BCUT2D eigenvalue weighted by molar-refractivity contribution is -0.200. The van der Waals surface area contributed by atoms with Crippen molar-refractivity contribution in [1.29, 1.82) is 5.41 Å². The van der Waals surface area contributed by atoms with Crippen LogP contribution >= 0.6 is 11.6 Å². The van der Waals surface area contributed by atoms with Crippen LogP contribution in [0.25, 0.3) is 0 Å². The number of carbonyl (C=O) groups excluding carboxylic acids is 1. The maximum Gasteiger partial charge on any atom is 0.490 e. The Morgan fingerprint density at radius 1 is 1.24 bits per heavy atom. The summed E-state index contributed by atoms with van der Waals surface area (Å²) in [5.41, 5.74) is 0.268. The normalized spacial score (nSPS) is 12.3. The van der Waals surface area contributed by atoms with E-state index in [4.69, 9.17) is 17.0 Å². The first-order valence-electron chi connectivity index (χ1n) is 9.44. The predicted octanol–water partition coefficient (Wildman–Crippen LogP) is 4.02. The second-order valence-electron chi connectivity index (χ2n) is 6.76. The van der Waals surface area contributed by atoms with E-state index < -0.39 is 36.4 Å². The Hall–Kier alpha value is -3.55. The number of hydrogen-bond acceptors (Lipinski definition) is 8. The van der Waals surface area contributed by atoms with Gasteiger partial charge in [0.05, 0.1) is 16.8 Å². The molecule has 0 radical (unpaired) electrons. The summed E-state index contributed by atoms with van der Waals surface area (Å²) in [6.45, 7) is -0.844. The van der Waals surface area contributed by atoms with E-state index in [2.05, 4.69) is 25.0 Å². The summed E-state index contributed by atoms with van der Waals surface area (Å²) >= 11 is 5.70. The number of anilines is 1. The number of esters is 1. The Morgan fingerprint density at radius 3 is 2.59 bits per heavy atom. The fourth-order valence-electron chi connectivity index (χ4n) is 2.77. The molecule has 0 fully saturated rings. The van der Waals surface area contributed by atoms with E-state index >= 15 is 0 Å². The van der Waals surface area contributed by atoms with Crippen LogP contribution in [0.1, 0.15) is 23.0 Å². The highest BCUT2D eigenvalue weighted by molar-refractivity contribution is 6.31. The monoisotopic (exact) mass is 501 g/mol. The molecule has 0 spiro atoms. The molecule has 0 aliphatic carbocycles. The Labute approximate surface area is 194 Å². The highest BCUT2D eigenvalue weighted by Crippen LogP contribution is 2.24. The van der Waals surface area contributed by atoms with Gasteiger partial charge >= 0.3 is 12.1 Å². The zero-order valence-corrected chi connectivity index (χ0v) is 17.8. The van der Waals surface area contributed by atoms with Gasteiger partial charge in [0.25, 0.3) is 0 Å². The van der Waals surface area contributed by atoms with Gasteiger partial charge in [-0.3, -0.25) is 10.6 Å². The summed E-state index contributed by atoms with van der Waals surface area (Å²) in [6.07, 6.45) is -5.15. The minimum Gasteiger partial charge on any atom is -0.457 e. The van der Waals surface area contributed by atoms with Gasteiger partial charge in [-0.1, -0.05) is 47.1 Å². The van der Waals surface area contributed by atoms with Gasteiger partial charge in [-0.05, 0) is 28.9 Å². The highest BCUT2D eigenvalue weighted by atomic mass is 35.5. The molecule has 1 aromatic heterocycles. The number of carbonyl (C=O) groups is 1. The number of hydrogen-bond donors (Lipinski definition) is 3. The zero-order valence-electron chi connectivity index (χ0n) is 17.0. The number of hydroxylamine groups is 1. The van der Waals surface area contributed by atoms with E-state index in [9.17, 15) is 27.6 Å². The van der Waals surface area contributed by atoms with Crippen LogP contribution in [0, 0.1) is 11.2 Å². The summed E-state index contributed by atoms with van der Waals surface area (Å²) in [5, 5.41) is 28.6. The van der Waals surface area contributed by atoms with E-state index in [0.717, 1.165) is 12.1 Å². The first-order chi connectivity index (χ1) is 16.1. The van der Waals surface area contributed by atoms with Crippen LogP contribution < -0.4 is 10.4 Å². The average Bonchev–Trinajstić information content (AvgIpc) is 3.28. The molecule has 0 aliphatic rings. The second kappa shape index (κ2) is 10.6. The van der Waals surface area contributed by atoms with Gasteiger partial charge in [0.1, 0.15) is 18.1 Å². The predicted molar refractivity (Wildman–Crippen MR) is 110 cm³/mol. The smallest absolute Gasteiger partial charge is 0.457 e. The quantitative estimate of drug-likeness (QED) is 0.139. The van der Waals surface area contributed by atoms with Crippen molar-refractivity contribution < 1.29 is 36.9 Å². The molecule has 0 bridgehead atoms. The van der Waals surface area contributed by atoms with Crippen LogP contribution in [0.5, 0.6) is 0 Å². The van der Waals surface area contributed by atoms with Crippen LogP contribution in [-0.4, -0.2) is 40.1 Å². The van der Waals surface area contributed by atoms with Gasteiger partial charge in [-0.2, -0.15) is 13.2 Å². The third-order valence-corrected chi connectivity index (χ3v) is 4.76. The molecule has 34 heavy (non-hydrogen) atoms. The maximum absolute atomic E-state index is 13.4. The van der Waals surface area contributed by atoms with E-state index in [0.29, 0.717) is 10.6 Å². The number of alkyl halides is 3. The number of halogens is 5. The lowest BCUT2D eigenvalue weighted by atomic mass is 10.1. The Kier molecular flexibility index (Phi) is 7.81. The molecule has 2 aromatic carbocycles. The average molecular weight is 502 g/mol. The van der Waals surface area contributed by atoms with Crippen molar-refractivity contribution >= 4 is 29.1 Å². The van der Waals surface area contributed by atoms with Crippen LogP contribution in [-0.2, 0) is 16.1 Å². The van der Waals surface area contributed by atoms with E-state index in [1.807, 2.05) is 0 Å². The molecule has 14 heteroatoms. The van der Waals surface area contributed by atoms with Crippen molar-refractivity contribution in [2.24, 2.45) is 0 Å². The molecule has 0 saturated heterocycles. The van der Waals surface area contributed by atoms with Gasteiger partial charge in [-0.15, -0.1) is 0 Å². The molecule has 0 amide bonds. The third kappa shape index (κ3) is 6.07. The SMILES string of the molecule is N=C(c1nonc1CN[C@@H](COC(=O)C(F)(F)F)c1ccccc1)N(O)c1ccc(F)c(Cl)c1. The summed E-state index contributed by atoms with van der Waals surface area (Å²) in [7, 11) is 0. The van der Waals surface area contributed by atoms with Crippen molar-refractivity contribution in [3.8, 4) is 0 Å². The number of rotatable bonds is 8. The fourth-order valence-corrected chi connectivity index (χ4v) is 2.94. The number of benzene rings is 2. The van der Waals surface area contributed by atoms with E-state index in [1.54, 1.807) is 30.3 Å². The van der Waals surface area contributed by atoms with Gasteiger partial charge in [0, 0.05) is 6.54 Å². The largest absolute Gasteiger partial charge is 0.490 e. The molecule has 3 rings (SSSR count). The Morgan fingerprint density at radius 2 is 1.94 bits per heavy atom. The molecule has 180 valence electrons. The minimum absolute atomic E-state index is 0.0142. The van der Waals surface area contributed by atoms with Crippen molar-refractivity contribution in [1.82, 2.24) is 15.6 Å². The summed E-state index contributed by atoms with van der Waals surface area (Å²) in [6, 6.07) is 10.6. The van der Waals surface area contributed by atoms with E-state index in [-0.39, 0.29) is 28.6 Å². The van der Waals surface area contributed by atoms with E-state index in [1.165, 1.54) is 6.07 Å². The highest BCUT2D eigenvalue weighted by Gasteiger charge is 2.41. The number of nitrogens with one attached hydrogen (secondary N) is 2. The van der Waals surface area contributed by atoms with Gasteiger partial charge in [0.15, 0.2) is 11.5 Å². The Balaban J connectivity index is 1.74. The molecule has 0 aliphatic heterocycles. The van der Waals surface area contributed by atoms with Crippen molar-refractivity contribution in [2.75, 3.05) is 11.7 Å². The standard InChI is InChI=1S/C20H16ClF4N5O4/c21-13-8-12(6-7-14(13)22)30(32)18(26)17-15(28-34-29-17)9-27-16(11-4-2-1-3-5-11)10-33-19(31)20(23,24)25/h1-8,16,26-27,32H,9-10H2/t16-/m0/s1. The summed E-state index contributed by atoms with van der Waals surface area (Å²) < 4.78 is 59.9. The molecule has 3 aromatic rings. The molecule has 1 heterocycles. The van der Waals surface area contributed by atoms with Gasteiger partial charge in [0.2, 0.25) is 0 Å². The van der Waals surface area contributed by atoms with Gasteiger partial charge < -0.3 is 10.1 Å². The lowest BCUT2D eigenvalue weighted by Crippen LogP contribution is -2.32. The number of amidine groups is 1. The van der Waals surface area contributed by atoms with Crippen LogP contribution in [0.3, 0.4) is 0 Å². The number of ether oxygens (including phenoxy) is 1. The van der Waals surface area contributed by atoms with Crippen LogP contribution in [0.15, 0.2) is 53.2 Å². The van der Waals surface area contributed by atoms with Gasteiger partial charge in [-0.25, -0.2) is 18.9 Å². The molecule has 0 saturated carbocycles. The Bertz CT molecular complexity index is 1160. The number of nitrogens with zero attached hydrogens (tertiary/aromatic N) is 3.